The van der Waals surface area contributed by atoms with Gasteiger partial charge in [-0.25, -0.2) is 0 Å². The van der Waals surface area contributed by atoms with Gasteiger partial charge in [-0.3, -0.25) is 4.79 Å². The second-order valence-electron chi connectivity index (χ2n) is 4.74. The van der Waals surface area contributed by atoms with Crippen LogP contribution >= 0.6 is 0 Å². The summed E-state index contributed by atoms with van der Waals surface area (Å²) in [6.07, 6.45) is 2.10. The van der Waals surface area contributed by atoms with E-state index in [4.69, 9.17) is 4.52 Å². The van der Waals surface area contributed by atoms with Crippen molar-refractivity contribution in [3.05, 3.63) is 17.0 Å². The Bertz CT molecular complexity index is 383. The van der Waals surface area contributed by atoms with Crippen LogP contribution in [0.4, 0.5) is 0 Å². The number of hydrogen-bond acceptors (Lipinski definition) is 3. The Balaban J connectivity index is 2.91. The predicted octanol–water partition coefficient (Wildman–Crippen LogP) is 2.98. The molecule has 1 heterocycles. The average molecular weight is 238 g/mol. The third-order valence-electron chi connectivity index (χ3n) is 2.82. The van der Waals surface area contributed by atoms with Gasteiger partial charge in [-0.15, -0.1) is 0 Å². The first-order valence-electron chi connectivity index (χ1n) is 6.20. The minimum absolute atomic E-state index is 0.0147. The topological polar surface area (TPSA) is 46.3 Å². The number of hydrogen-bond donors (Lipinski definition) is 0. The van der Waals surface area contributed by atoms with Crippen molar-refractivity contribution in [2.45, 2.75) is 46.5 Å². The highest BCUT2D eigenvalue weighted by atomic mass is 16.5. The molecule has 4 nitrogen and oxygen atoms in total. The summed E-state index contributed by atoms with van der Waals surface area (Å²) in [7, 11) is 1.83. The van der Waals surface area contributed by atoms with Gasteiger partial charge in [-0.05, 0) is 13.3 Å². The maximum absolute atomic E-state index is 12.3. The molecule has 0 aromatic carbocycles. The lowest BCUT2D eigenvalue weighted by atomic mass is 10.0. The zero-order valence-electron chi connectivity index (χ0n) is 11.4. The van der Waals surface area contributed by atoms with Crippen LogP contribution in [0, 0.1) is 6.92 Å². The van der Waals surface area contributed by atoms with E-state index in [1.165, 1.54) is 0 Å². The van der Waals surface area contributed by atoms with Crippen molar-refractivity contribution >= 4 is 5.91 Å². The minimum Gasteiger partial charge on any atom is -0.360 e. The van der Waals surface area contributed by atoms with Gasteiger partial charge in [0.15, 0.2) is 5.76 Å². The number of rotatable bonds is 5. The molecule has 0 bridgehead atoms. The molecule has 1 aromatic rings. The minimum atomic E-state index is 0.0147. The molecule has 0 saturated heterocycles. The van der Waals surface area contributed by atoms with Gasteiger partial charge >= 0.3 is 0 Å². The third kappa shape index (κ3) is 3.08. The number of aryl methyl sites for hydroxylation is 1. The molecule has 0 spiro atoms. The Morgan fingerprint density at radius 3 is 2.65 bits per heavy atom. The molecule has 17 heavy (non-hydrogen) atoms. The quantitative estimate of drug-likeness (QED) is 0.792. The lowest BCUT2D eigenvalue weighted by Gasteiger charge is -2.17. The van der Waals surface area contributed by atoms with Gasteiger partial charge in [0.25, 0.3) is 5.91 Å². The summed E-state index contributed by atoms with van der Waals surface area (Å²) in [6, 6.07) is 0. The first-order valence-corrected chi connectivity index (χ1v) is 6.20. The summed E-state index contributed by atoms with van der Waals surface area (Å²) in [5.41, 5.74) is 1.32. The summed E-state index contributed by atoms with van der Waals surface area (Å²) < 4.78 is 5.24. The third-order valence-corrected chi connectivity index (χ3v) is 2.82. The van der Waals surface area contributed by atoms with Crippen LogP contribution in [0.15, 0.2) is 4.52 Å². The number of aromatic nitrogens is 1. The molecule has 0 unspecified atom stereocenters. The van der Waals surface area contributed by atoms with Crippen LogP contribution in [0.5, 0.6) is 0 Å². The molecule has 4 heteroatoms. The zero-order chi connectivity index (χ0) is 13.0. The van der Waals surface area contributed by atoms with E-state index in [0.29, 0.717) is 17.0 Å². The molecule has 1 amide bonds. The number of unbranched alkanes of at least 4 members (excludes halogenated alkanes) is 1. The second kappa shape index (κ2) is 5.84. The van der Waals surface area contributed by atoms with Crippen LogP contribution in [0.1, 0.15) is 61.3 Å². The lowest BCUT2D eigenvalue weighted by Crippen LogP contribution is -2.28. The second-order valence-corrected chi connectivity index (χ2v) is 4.74. The van der Waals surface area contributed by atoms with Crippen molar-refractivity contribution in [3.63, 3.8) is 0 Å². The summed E-state index contributed by atoms with van der Waals surface area (Å²) in [5, 5.41) is 3.90. The van der Waals surface area contributed by atoms with Gasteiger partial charge < -0.3 is 9.42 Å². The monoisotopic (exact) mass is 238 g/mol. The van der Waals surface area contributed by atoms with Gasteiger partial charge in [0.2, 0.25) is 0 Å². The van der Waals surface area contributed by atoms with Crippen molar-refractivity contribution in [1.82, 2.24) is 10.1 Å². The Kier molecular flexibility index (Phi) is 4.73. The SMILES string of the molecule is CCCCN(C)C(=O)c1c(C)noc1C(C)C. The Morgan fingerprint density at radius 1 is 1.47 bits per heavy atom. The van der Waals surface area contributed by atoms with Crippen molar-refractivity contribution in [3.8, 4) is 0 Å². The van der Waals surface area contributed by atoms with E-state index >= 15 is 0 Å². The van der Waals surface area contributed by atoms with Crippen molar-refractivity contribution in [2.75, 3.05) is 13.6 Å². The largest absolute Gasteiger partial charge is 0.360 e. The van der Waals surface area contributed by atoms with Crippen molar-refractivity contribution in [2.24, 2.45) is 0 Å². The van der Waals surface area contributed by atoms with Gasteiger partial charge in [0.1, 0.15) is 5.56 Å². The molecule has 1 rings (SSSR count). The van der Waals surface area contributed by atoms with E-state index in [-0.39, 0.29) is 11.8 Å². The van der Waals surface area contributed by atoms with E-state index in [1.54, 1.807) is 4.90 Å². The molecule has 0 aliphatic carbocycles. The van der Waals surface area contributed by atoms with Crippen molar-refractivity contribution in [1.29, 1.82) is 0 Å². The van der Waals surface area contributed by atoms with Crippen molar-refractivity contribution < 1.29 is 9.32 Å². The molecule has 1 aromatic heterocycles. The van der Waals surface area contributed by atoms with E-state index < -0.39 is 0 Å². The highest BCUT2D eigenvalue weighted by Gasteiger charge is 2.24. The van der Waals surface area contributed by atoms with Crippen LogP contribution in [0.25, 0.3) is 0 Å². The predicted molar refractivity (Wildman–Crippen MR) is 67.2 cm³/mol. The molecular formula is C13H22N2O2. The fourth-order valence-electron chi connectivity index (χ4n) is 1.73. The summed E-state index contributed by atoms with van der Waals surface area (Å²) in [4.78, 5) is 14.0. The Hall–Kier alpha value is -1.32. The molecule has 0 N–H and O–H groups in total. The van der Waals surface area contributed by atoms with Crippen LogP contribution in [-0.4, -0.2) is 29.6 Å². The van der Waals surface area contributed by atoms with Crippen LogP contribution < -0.4 is 0 Å². The molecule has 96 valence electrons. The lowest BCUT2D eigenvalue weighted by molar-refractivity contribution is 0.0790. The average Bonchev–Trinajstić information content (AvgIpc) is 2.67. The molecule has 0 fully saturated rings. The van der Waals surface area contributed by atoms with Gasteiger partial charge in [0.05, 0.1) is 5.69 Å². The van der Waals surface area contributed by atoms with E-state index in [2.05, 4.69) is 12.1 Å². The summed E-state index contributed by atoms with van der Waals surface area (Å²) in [5.74, 6) is 0.881. The molecule has 0 saturated carbocycles. The maximum Gasteiger partial charge on any atom is 0.259 e. The highest BCUT2D eigenvalue weighted by molar-refractivity contribution is 5.96. The van der Waals surface area contributed by atoms with E-state index in [0.717, 1.165) is 19.4 Å². The smallest absolute Gasteiger partial charge is 0.259 e. The number of amides is 1. The van der Waals surface area contributed by atoms with Crippen LogP contribution in [0.3, 0.4) is 0 Å². The molecule has 0 atom stereocenters. The Morgan fingerprint density at radius 2 is 2.12 bits per heavy atom. The van der Waals surface area contributed by atoms with Gasteiger partial charge in [-0.1, -0.05) is 32.3 Å². The maximum atomic E-state index is 12.3. The highest BCUT2D eigenvalue weighted by Crippen LogP contribution is 2.23. The van der Waals surface area contributed by atoms with Gasteiger partial charge in [0, 0.05) is 19.5 Å². The standard InChI is InChI=1S/C13H22N2O2/c1-6-7-8-15(5)13(16)11-10(4)14-17-12(11)9(2)3/h9H,6-8H2,1-5H3. The van der Waals surface area contributed by atoms with E-state index in [1.807, 2.05) is 27.8 Å². The fourth-order valence-corrected chi connectivity index (χ4v) is 1.73. The first kappa shape index (κ1) is 13.7. The molecule has 0 radical (unpaired) electrons. The summed E-state index contributed by atoms with van der Waals surface area (Å²) >= 11 is 0. The Labute approximate surface area is 103 Å². The molecule has 0 aliphatic rings. The van der Waals surface area contributed by atoms with Crippen LogP contribution in [0.2, 0.25) is 0 Å². The number of carbonyl (C=O) groups excluding carboxylic acids is 1. The number of nitrogens with zero attached hydrogens (tertiary/aromatic N) is 2. The zero-order valence-corrected chi connectivity index (χ0v) is 11.4. The van der Waals surface area contributed by atoms with Gasteiger partial charge in [-0.2, -0.15) is 0 Å². The van der Waals surface area contributed by atoms with E-state index in [9.17, 15) is 4.79 Å². The normalized spacial score (nSPS) is 10.9. The fraction of sp³-hybridized carbons (Fsp3) is 0.692. The number of carbonyl (C=O) groups is 1. The molecular weight excluding hydrogens is 216 g/mol. The molecule has 0 aliphatic heterocycles. The first-order chi connectivity index (χ1) is 7.99. The summed E-state index contributed by atoms with van der Waals surface area (Å²) in [6.45, 7) is 8.71. The van der Waals surface area contributed by atoms with Crippen LogP contribution in [-0.2, 0) is 0 Å².